The Balaban J connectivity index is 1.84. The Kier molecular flexibility index (Phi) is 4.72. The number of amides is 2. The molecule has 2 saturated heterocycles. The fourth-order valence-corrected chi connectivity index (χ4v) is 4.51. The molecule has 0 spiro atoms. The van der Waals surface area contributed by atoms with Gasteiger partial charge in [0.2, 0.25) is 0 Å². The molecule has 0 aromatic carbocycles. The Morgan fingerprint density at radius 3 is 2.48 bits per heavy atom. The number of rotatable bonds is 4. The zero-order valence-corrected chi connectivity index (χ0v) is 12.4. The van der Waals surface area contributed by atoms with Crippen LogP contribution in [0.15, 0.2) is 0 Å². The summed E-state index contributed by atoms with van der Waals surface area (Å²) in [5.41, 5.74) is -1.30. The predicted octanol–water partition coefficient (Wildman–Crippen LogP) is -0.646. The van der Waals surface area contributed by atoms with Gasteiger partial charge in [0.1, 0.15) is 5.54 Å². The molecule has 1 atom stereocenters. The number of ether oxygens (including phenoxy) is 1. The van der Waals surface area contributed by atoms with Crippen LogP contribution in [0, 0.1) is 5.92 Å². The van der Waals surface area contributed by atoms with Gasteiger partial charge < -0.3 is 20.5 Å². The van der Waals surface area contributed by atoms with Crippen molar-refractivity contribution in [2.24, 2.45) is 5.92 Å². The van der Waals surface area contributed by atoms with Crippen molar-refractivity contribution in [1.82, 2.24) is 10.6 Å². The van der Waals surface area contributed by atoms with Gasteiger partial charge in [0.25, 0.3) is 0 Å². The van der Waals surface area contributed by atoms with Crippen molar-refractivity contribution in [3.8, 4) is 0 Å². The van der Waals surface area contributed by atoms with Crippen LogP contribution in [-0.2, 0) is 19.4 Å². The first-order chi connectivity index (χ1) is 9.83. The van der Waals surface area contributed by atoms with E-state index in [-0.39, 0.29) is 50.0 Å². The van der Waals surface area contributed by atoms with E-state index in [1.807, 2.05) is 0 Å². The van der Waals surface area contributed by atoms with Crippen molar-refractivity contribution >= 4 is 21.8 Å². The summed E-state index contributed by atoms with van der Waals surface area (Å²) in [6, 6.07) is -0.580. The third-order valence-corrected chi connectivity index (χ3v) is 5.82. The van der Waals surface area contributed by atoms with Gasteiger partial charge in [0.15, 0.2) is 9.84 Å². The van der Waals surface area contributed by atoms with Crippen LogP contribution in [0.4, 0.5) is 4.79 Å². The lowest BCUT2D eigenvalue weighted by atomic mass is 9.90. The second-order valence-corrected chi connectivity index (χ2v) is 7.83. The highest BCUT2D eigenvalue weighted by molar-refractivity contribution is 7.91. The van der Waals surface area contributed by atoms with Gasteiger partial charge in [-0.1, -0.05) is 0 Å². The van der Waals surface area contributed by atoms with Gasteiger partial charge in [-0.15, -0.1) is 0 Å². The van der Waals surface area contributed by atoms with Crippen molar-refractivity contribution in [1.29, 1.82) is 0 Å². The highest BCUT2D eigenvalue weighted by Crippen LogP contribution is 2.21. The molecule has 0 aromatic heterocycles. The monoisotopic (exact) mass is 320 g/mol. The minimum Gasteiger partial charge on any atom is -0.480 e. The third kappa shape index (κ3) is 4.07. The van der Waals surface area contributed by atoms with E-state index in [9.17, 15) is 23.1 Å². The summed E-state index contributed by atoms with van der Waals surface area (Å²) in [6.45, 7) is 0.804. The molecule has 0 aliphatic carbocycles. The van der Waals surface area contributed by atoms with E-state index < -0.39 is 27.4 Å². The first-order valence-corrected chi connectivity index (χ1v) is 8.73. The maximum atomic E-state index is 11.9. The number of urea groups is 1. The van der Waals surface area contributed by atoms with Crippen molar-refractivity contribution in [3.05, 3.63) is 0 Å². The number of hydrogen-bond donors (Lipinski definition) is 3. The van der Waals surface area contributed by atoms with Crippen LogP contribution in [-0.4, -0.2) is 62.3 Å². The molecule has 9 heteroatoms. The molecule has 8 nitrogen and oxygen atoms in total. The van der Waals surface area contributed by atoms with E-state index in [0.29, 0.717) is 6.42 Å². The van der Waals surface area contributed by atoms with Crippen molar-refractivity contribution < 1.29 is 27.9 Å². The van der Waals surface area contributed by atoms with Gasteiger partial charge in [-0.2, -0.15) is 0 Å². The van der Waals surface area contributed by atoms with E-state index >= 15 is 0 Å². The smallest absolute Gasteiger partial charge is 0.329 e. The van der Waals surface area contributed by atoms with Crippen LogP contribution >= 0.6 is 0 Å². The molecule has 1 unspecified atom stereocenters. The number of nitrogens with one attached hydrogen (secondary N) is 2. The molecule has 0 saturated carbocycles. The fraction of sp³-hybridized carbons (Fsp3) is 0.833. The fourth-order valence-electron chi connectivity index (χ4n) is 2.64. The molecule has 2 rings (SSSR count). The lowest BCUT2D eigenvalue weighted by Crippen LogP contribution is -2.59. The maximum absolute atomic E-state index is 11.9. The second kappa shape index (κ2) is 6.18. The summed E-state index contributed by atoms with van der Waals surface area (Å²) in [5, 5.41) is 14.4. The Bertz CT molecular complexity index is 512. The normalized spacial score (nSPS) is 27.0. The number of sulfone groups is 1. The number of carbonyl (C=O) groups excluding carboxylic acids is 1. The van der Waals surface area contributed by atoms with Crippen molar-refractivity contribution in [3.63, 3.8) is 0 Å². The molecule has 3 N–H and O–H groups in total. The molecule has 0 bridgehead atoms. The summed E-state index contributed by atoms with van der Waals surface area (Å²) in [5.74, 6) is -0.955. The second-order valence-electron chi connectivity index (χ2n) is 5.60. The van der Waals surface area contributed by atoms with Crippen LogP contribution in [0.5, 0.6) is 0 Å². The minimum absolute atomic E-state index is 0.0746. The number of carboxylic acids is 1. The average molecular weight is 320 g/mol. The zero-order valence-electron chi connectivity index (χ0n) is 11.6. The molecule has 0 aromatic rings. The number of carboxylic acid groups (broad SMARTS) is 1. The molecule has 21 heavy (non-hydrogen) atoms. The van der Waals surface area contributed by atoms with Crippen LogP contribution in [0.25, 0.3) is 0 Å². The first kappa shape index (κ1) is 16.0. The summed E-state index contributed by atoms with van der Waals surface area (Å²) in [4.78, 5) is 23.2. The van der Waals surface area contributed by atoms with Gasteiger partial charge in [-0.25, -0.2) is 18.0 Å². The molecule has 0 radical (unpaired) electrons. The topological polar surface area (TPSA) is 122 Å². The summed E-state index contributed by atoms with van der Waals surface area (Å²) in [6.07, 6.45) is 0.960. The highest BCUT2D eigenvalue weighted by atomic mass is 32.2. The van der Waals surface area contributed by atoms with Gasteiger partial charge in [0, 0.05) is 32.6 Å². The van der Waals surface area contributed by atoms with E-state index in [2.05, 4.69) is 10.6 Å². The molecular weight excluding hydrogens is 300 g/mol. The van der Waals surface area contributed by atoms with E-state index in [1.54, 1.807) is 0 Å². The van der Waals surface area contributed by atoms with Crippen LogP contribution < -0.4 is 10.6 Å². The standard InChI is InChI=1S/C12H20N2O6S/c15-10(16)12(2-4-20-5-3-12)14-11(17)13-7-9-1-6-21(18,19)8-9/h9H,1-8H2,(H,15,16)(H2,13,14,17). The molecular formula is C12H20N2O6S. The van der Waals surface area contributed by atoms with Crippen LogP contribution in [0.2, 0.25) is 0 Å². The summed E-state index contributed by atoms with van der Waals surface area (Å²) >= 11 is 0. The minimum atomic E-state index is -2.98. The molecule has 2 aliphatic rings. The molecule has 2 amide bonds. The Morgan fingerprint density at radius 2 is 1.95 bits per heavy atom. The van der Waals surface area contributed by atoms with Crippen LogP contribution in [0.1, 0.15) is 19.3 Å². The zero-order chi connectivity index (χ0) is 15.5. The molecule has 2 fully saturated rings. The van der Waals surface area contributed by atoms with E-state index in [1.165, 1.54) is 0 Å². The molecule has 2 heterocycles. The van der Waals surface area contributed by atoms with E-state index in [4.69, 9.17) is 4.74 Å². The third-order valence-electron chi connectivity index (χ3n) is 3.99. The highest BCUT2D eigenvalue weighted by Gasteiger charge is 2.41. The largest absolute Gasteiger partial charge is 0.480 e. The van der Waals surface area contributed by atoms with Crippen molar-refractivity contribution in [2.45, 2.75) is 24.8 Å². The Labute approximate surface area is 123 Å². The van der Waals surface area contributed by atoms with E-state index in [0.717, 1.165) is 0 Å². The number of aliphatic carboxylic acids is 1. The lowest BCUT2D eigenvalue weighted by Gasteiger charge is -2.33. The number of hydrogen-bond acceptors (Lipinski definition) is 5. The van der Waals surface area contributed by atoms with Gasteiger partial charge in [0.05, 0.1) is 11.5 Å². The first-order valence-electron chi connectivity index (χ1n) is 6.91. The van der Waals surface area contributed by atoms with Gasteiger partial charge in [-0.05, 0) is 12.3 Å². The quantitative estimate of drug-likeness (QED) is 0.633. The Morgan fingerprint density at radius 1 is 1.29 bits per heavy atom. The maximum Gasteiger partial charge on any atom is 0.329 e. The number of carbonyl (C=O) groups is 2. The summed E-state index contributed by atoms with van der Waals surface area (Å²) in [7, 11) is -2.98. The average Bonchev–Trinajstić information content (AvgIpc) is 2.77. The van der Waals surface area contributed by atoms with Crippen LogP contribution in [0.3, 0.4) is 0 Å². The van der Waals surface area contributed by atoms with Gasteiger partial charge in [-0.3, -0.25) is 0 Å². The predicted molar refractivity (Wildman–Crippen MR) is 73.7 cm³/mol. The van der Waals surface area contributed by atoms with Crippen molar-refractivity contribution in [2.75, 3.05) is 31.3 Å². The SMILES string of the molecule is O=C(NCC1CCS(=O)(=O)C1)NC1(C(=O)O)CCOCC1. The lowest BCUT2D eigenvalue weighted by molar-refractivity contribution is -0.148. The molecule has 2 aliphatic heterocycles. The Hall–Kier alpha value is -1.35. The molecule has 120 valence electrons. The summed E-state index contributed by atoms with van der Waals surface area (Å²) < 4.78 is 27.8. The van der Waals surface area contributed by atoms with Gasteiger partial charge >= 0.3 is 12.0 Å².